The summed E-state index contributed by atoms with van der Waals surface area (Å²) in [5, 5.41) is 21.7. The number of esters is 1. The largest absolute Gasteiger partial charge is 0.462 e. The average Bonchev–Trinajstić information content (AvgIpc) is 2.37. The summed E-state index contributed by atoms with van der Waals surface area (Å²) in [5.74, 6) is -0.613. The lowest BCUT2D eigenvalue weighted by Crippen LogP contribution is -2.09. The van der Waals surface area contributed by atoms with E-state index in [4.69, 9.17) is 4.74 Å². The first-order valence-electron chi connectivity index (χ1n) is 5.58. The Morgan fingerprint density at radius 3 is 2.45 bits per heavy atom. The Morgan fingerprint density at radius 1 is 1.30 bits per heavy atom. The molecule has 0 saturated carbocycles. The van der Waals surface area contributed by atoms with Gasteiger partial charge in [-0.05, 0) is 6.92 Å². The van der Waals surface area contributed by atoms with Crippen LogP contribution in [0.15, 0.2) is 30.4 Å². The Labute approximate surface area is 114 Å². The first kappa shape index (κ1) is 15.3. The Morgan fingerprint density at radius 2 is 1.95 bits per heavy atom. The summed E-state index contributed by atoms with van der Waals surface area (Å²) in [5.41, 5.74) is -0.820. The van der Waals surface area contributed by atoms with Gasteiger partial charge in [0, 0.05) is 23.6 Å². The van der Waals surface area contributed by atoms with Gasteiger partial charge in [-0.15, -0.1) is 0 Å². The molecule has 0 atom stereocenters. The van der Waals surface area contributed by atoms with Crippen molar-refractivity contribution < 1.29 is 19.4 Å². The minimum absolute atomic E-state index is 0.0109. The molecule has 0 unspecified atom stereocenters. The van der Waals surface area contributed by atoms with Crippen LogP contribution in [0.3, 0.4) is 0 Å². The molecule has 0 aromatic heterocycles. The van der Waals surface area contributed by atoms with E-state index in [-0.39, 0.29) is 24.2 Å². The van der Waals surface area contributed by atoms with Gasteiger partial charge in [0.05, 0.1) is 16.5 Å². The van der Waals surface area contributed by atoms with E-state index in [1.165, 1.54) is 19.1 Å². The molecule has 1 aromatic rings. The summed E-state index contributed by atoms with van der Waals surface area (Å²) < 4.78 is 4.81. The van der Waals surface area contributed by atoms with Crippen molar-refractivity contribution in [1.29, 1.82) is 0 Å². The Hall–Kier alpha value is -2.77. The normalized spacial score (nSPS) is 9.85. The van der Waals surface area contributed by atoms with Gasteiger partial charge < -0.3 is 4.74 Å². The number of para-hydroxylation sites is 1. The average molecular weight is 280 g/mol. The lowest BCUT2D eigenvalue weighted by molar-refractivity contribution is -0.423. The van der Waals surface area contributed by atoms with Gasteiger partial charge in [0.15, 0.2) is 0 Å². The smallest absolute Gasteiger partial charge is 0.349 e. The minimum Gasteiger partial charge on any atom is -0.462 e. The number of nitro benzene ring substituents is 2. The summed E-state index contributed by atoms with van der Waals surface area (Å²) in [4.78, 5) is 31.2. The van der Waals surface area contributed by atoms with Crippen molar-refractivity contribution >= 4 is 17.3 Å². The molecule has 0 heterocycles. The van der Waals surface area contributed by atoms with Crippen molar-refractivity contribution in [3.63, 3.8) is 0 Å². The lowest BCUT2D eigenvalue weighted by Gasteiger charge is -2.05. The van der Waals surface area contributed by atoms with Gasteiger partial charge in [-0.1, -0.05) is 18.7 Å². The number of carbonyl (C=O) groups is 1. The third kappa shape index (κ3) is 3.61. The fourth-order valence-corrected chi connectivity index (χ4v) is 1.51. The number of ether oxygens (including phenoxy) is 1. The highest BCUT2D eigenvalue weighted by Crippen LogP contribution is 2.30. The van der Waals surface area contributed by atoms with Crippen LogP contribution in [0.2, 0.25) is 0 Å². The zero-order valence-corrected chi connectivity index (χ0v) is 10.7. The van der Waals surface area contributed by atoms with E-state index in [1.807, 2.05) is 0 Å². The quantitative estimate of drug-likeness (QED) is 0.341. The number of hydrogen-bond donors (Lipinski definition) is 0. The topological polar surface area (TPSA) is 113 Å². The number of nitrogens with zero attached hydrogens (tertiary/aromatic N) is 2. The van der Waals surface area contributed by atoms with Crippen LogP contribution in [0.25, 0.3) is 0 Å². The summed E-state index contributed by atoms with van der Waals surface area (Å²) in [6.45, 7) is 4.74. The summed E-state index contributed by atoms with van der Waals surface area (Å²) in [6.07, 6.45) is 0.0109. The SMILES string of the molecule is C=C(C)C(=O)OCCc1cccc([N+](=O)[O-])c1[N+](=O)[O-]. The van der Waals surface area contributed by atoms with Gasteiger partial charge in [-0.2, -0.15) is 0 Å². The van der Waals surface area contributed by atoms with Crippen molar-refractivity contribution in [1.82, 2.24) is 0 Å². The molecule has 0 amide bonds. The number of hydrogen-bond acceptors (Lipinski definition) is 6. The molecule has 1 rings (SSSR count). The highest BCUT2D eigenvalue weighted by atomic mass is 16.6. The molecule has 8 heteroatoms. The summed E-state index contributed by atoms with van der Waals surface area (Å²) in [6, 6.07) is 3.79. The van der Waals surface area contributed by atoms with Gasteiger partial charge in [-0.3, -0.25) is 20.2 Å². The molecule has 0 aliphatic heterocycles. The van der Waals surface area contributed by atoms with Crippen molar-refractivity contribution in [3.8, 4) is 0 Å². The van der Waals surface area contributed by atoms with Crippen LogP contribution in [-0.4, -0.2) is 22.4 Å². The maximum Gasteiger partial charge on any atom is 0.349 e. The van der Waals surface area contributed by atoms with Crippen molar-refractivity contribution in [2.75, 3.05) is 6.61 Å². The maximum absolute atomic E-state index is 11.2. The van der Waals surface area contributed by atoms with Gasteiger partial charge >= 0.3 is 17.3 Å². The number of rotatable bonds is 6. The van der Waals surface area contributed by atoms with E-state index in [0.717, 1.165) is 6.07 Å². The molecule has 0 aliphatic carbocycles. The second-order valence-electron chi connectivity index (χ2n) is 3.97. The predicted molar refractivity (Wildman–Crippen MR) is 69.2 cm³/mol. The lowest BCUT2D eigenvalue weighted by atomic mass is 10.1. The first-order chi connectivity index (χ1) is 9.34. The molecule has 0 aliphatic rings. The van der Waals surface area contributed by atoms with E-state index in [1.54, 1.807) is 0 Å². The third-order valence-electron chi connectivity index (χ3n) is 2.43. The number of nitro groups is 2. The molecule has 0 saturated heterocycles. The Bertz CT molecular complexity index is 581. The highest BCUT2D eigenvalue weighted by molar-refractivity contribution is 5.86. The minimum atomic E-state index is -0.818. The van der Waals surface area contributed by atoms with E-state index < -0.39 is 27.2 Å². The van der Waals surface area contributed by atoms with Gasteiger partial charge in [-0.25, -0.2) is 4.79 Å². The van der Waals surface area contributed by atoms with Gasteiger partial charge in [0.1, 0.15) is 0 Å². The number of benzene rings is 1. The van der Waals surface area contributed by atoms with Crippen molar-refractivity contribution in [2.45, 2.75) is 13.3 Å². The maximum atomic E-state index is 11.2. The molecule has 106 valence electrons. The molecule has 8 nitrogen and oxygen atoms in total. The van der Waals surface area contributed by atoms with Crippen LogP contribution in [0.1, 0.15) is 12.5 Å². The zero-order chi connectivity index (χ0) is 15.3. The van der Waals surface area contributed by atoms with E-state index in [2.05, 4.69) is 6.58 Å². The molecule has 0 fully saturated rings. The second-order valence-corrected chi connectivity index (χ2v) is 3.97. The molecule has 0 N–H and O–H groups in total. The van der Waals surface area contributed by atoms with E-state index in [9.17, 15) is 25.0 Å². The predicted octanol–water partition coefficient (Wildman–Crippen LogP) is 2.16. The highest BCUT2D eigenvalue weighted by Gasteiger charge is 2.27. The van der Waals surface area contributed by atoms with E-state index in [0.29, 0.717) is 0 Å². The van der Waals surface area contributed by atoms with Crippen LogP contribution in [-0.2, 0) is 16.0 Å². The third-order valence-corrected chi connectivity index (χ3v) is 2.43. The molecular weight excluding hydrogens is 268 g/mol. The molecule has 0 spiro atoms. The molecule has 0 bridgehead atoms. The summed E-state index contributed by atoms with van der Waals surface area (Å²) >= 11 is 0. The molecule has 1 aromatic carbocycles. The van der Waals surface area contributed by atoms with Crippen LogP contribution >= 0.6 is 0 Å². The van der Waals surface area contributed by atoms with Crippen molar-refractivity contribution in [3.05, 3.63) is 56.1 Å². The fourth-order valence-electron chi connectivity index (χ4n) is 1.51. The van der Waals surface area contributed by atoms with Crippen LogP contribution in [0.5, 0.6) is 0 Å². The van der Waals surface area contributed by atoms with Crippen molar-refractivity contribution in [2.24, 2.45) is 0 Å². The fraction of sp³-hybridized carbons (Fsp3) is 0.250. The van der Waals surface area contributed by atoms with Crippen LogP contribution in [0, 0.1) is 20.2 Å². The summed E-state index contributed by atoms with van der Waals surface area (Å²) in [7, 11) is 0. The monoisotopic (exact) mass is 280 g/mol. The van der Waals surface area contributed by atoms with Gasteiger partial charge in [0.2, 0.25) is 0 Å². The Balaban J connectivity index is 2.93. The number of carbonyl (C=O) groups excluding carboxylic acids is 1. The van der Waals surface area contributed by atoms with E-state index >= 15 is 0 Å². The zero-order valence-electron chi connectivity index (χ0n) is 10.7. The van der Waals surface area contributed by atoms with Crippen LogP contribution in [0.4, 0.5) is 11.4 Å². The standard InChI is InChI=1S/C12H12N2O6/c1-8(2)12(15)20-7-6-9-4-3-5-10(13(16)17)11(9)14(18)19/h3-5H,1,6-7H2,2H3. The second kappa shape index (κ2) is 6.41. The molecule has 20 heavy (non-hydrogen) atoms. The molecular formula is C12H12N2O6. The van der Waals surface area contributed by atoms with Gasteiger partial charge in [0.25, 0.3) is 0 Å². The Kier molecular flexibility index (Phi) is 4.90. The molecule has 0 radical (unpaired) electrons. The van der Waals surface area contributed by atoms with Crippen LogP contribution < -0.4 is 0 Å². The first-order valence-corrected chi connectivity index (χ1v) is 5.58.